The second kappa shape index (κ2) is 8.74. The minimum Gasteiger partial charge on any atom is -0.488 e. The Bertz CT molecular complexity index is 940. The number of hydrogen-bond acceptors (Lipinski definition) is 4. The molecule has 2 aromatic carbocycles. The molecule has 27 heavy (non-hydrogen) atoms. The summed E-state index contributed by atoms with van der Waals surface area (Å²) in [7, 11) is 0. The number of halogens is 1. The van der Waals surface area contributed by atoms with E-state index in [9.17, 15) is 4.79 Å². The molecular formula is C21H18ClNO2S2. The molecule has 0 spiro atoms. The van der Waals surface area contributed by atoms with Crippen molar-refractivity contribution >= 4 is 51.9 Å². The highest BCUT2D eigenvalue weighted by molar-refractivity contribution is 8.26. The molecule has 0 N–H and O–H groups in total. The number of rotatable bonds is 6. The number of amides is 1. The van der Waals surface area contributed by atoms with Crippen LogP contribution in [0.5, 0.6) is 5.75 Å². The maximum absolute atomic E-state index is 12.6. The molecule has 1 aliphatic rings. The molecule has 0 bridgehead atoms. The number of thioether (sulfide) groups is 1. The molecule has 3 rings (SSSR count). The summed E-state index contributed by atoms with van der Waals surface area (Å²) >= 11 is 12.7. The predicted molar refractivity (Wildman–Crippen MR) is 117 cm³/mol. The van der Waals surface area contributed by atoms with E-state index in [0.717, 1.165) is 11.1 Å². The van der Waals surface area contributed by atoms with Crippen molar-refractivity contribution in [3.8, 4) is 5.75 Å². The topological polar surface area (TPSA) is 29.5 Å². The second-order valence-corrected chi connectivity index (χ2v) is 8.09. The van der Waals surface area contributed by atoms with Gasteiger partial charge < -0.3 is 4.74 Å². The molecule has 0 atom stereocenters. The van der Waals surface area contributed by atoms with E-state index in [1.807, 2.05) is 37.3 Å². The SMILES string of the molecule is C=CCN1C(=O)/C(=C\c2cc(Cl)ccc2OCc2ccccc2C)SC1=S. The van der Waals surface area contributed by atoms with Crippen LogP contribution in [0.3, 0.4) is 0 Å². The molecule has 2 aromatic rings. The van der Waals surface area contributed by atoms with Crippen LogP contribution in [0.2, 0.25) is 5.02 Å². The van der Waals surface area contributed by atoms with Gasteiger partial charge in [-0.3, -0.25) is 9.69 Å². The van der Waals surface area contributed by atoms with Gasteiger partial charge in [0.1, 0.15) is 16.7 Å². The van der Waals surface area contributed by atoms with E-state index in [1.54, 1.807) is 24.3 Å². The first-order valence-electron chi connectivity index (χ1n) is 8.32. The van der Waals surface area contributed by atoms with Crippen LogP contribution in [0.4, 0.5) is 0 Å². The van der Waals surface area contributed by atoms with Crippen molar-refractivity contribution in [1.82, 2.24) is 4.90 Å². The molecule has 0 radical (unpaired) electrons. The van der Waals surface area contributed by atoms with Crippen LogP contribution in [0.1, 0.15) is 16.7 Å². The van der Waals surface area contributed by atoms with Crippen LogP contribution in [0.15, 0.2) is 60.0 Å². The molecule has 0 aliphatic carbocycles. The zero-order chi connectivity index (χ0) is 19.4. The first kappa shape index (κ1) is 19.7. The standard InChI is InChI=1S/C21H18ClNO2S2/c1-3-10-23-20(24)19(27-21(23)26)12-16-11-17(22)8-9-18(16)25-13-15-7-5-4-6-14(15)2/h3-9,11-12H,1,10,13H2,2H3/b19-12+. The van der Waals surface area contributed by atoms with Crippen molar-refractivity contribution in [2.75, 3.05) is 6.54 Å². The minimum absolute atomic E-state index is 0.130. The van der Waals surface area contributed by atoms with Crippen LogP contribution < -0.4 is 4.74 Å². The molecule has 1 saturated heterocycles. The Morgan fingerprint density at radius 1 is 1.30 bits per heavy atom. The number of carbonyl (C=O) groups excluding carboxylic acids is 1. The van der Waals surface area contributed by atoms with Crippen molar-refractivity contribution in [3.63, 3.8) is 0 Å². The van der Waals surface area contributed by atoms with Crippen LogP contribution in [-0.4, -0.2) is 21.7 Å². The normalized spacial score (nSPS) is 15.5. The lowest BCUT2D eigenvalue weighted by Gasteiger charge is -2.12. The Morgan fingerprint density at radius 2 is 2.07 bits per heavy atom. The van der Waals surface area contributed by atoms with Crippen molar-refractivity contribution in [3.05, 3.63) is 81.7 Å². The average Bonchev–Trinajstić information content (AvgIpc) is 2.90. The Kier molecular flexibility index (Phi) is 6.37. The maximum atomic E-state index is 12.6. The quantitative estimate of drug-likeness (QED) is 0.348. The fourth-order valence-corrected chi connectivity index (χ4v) is 4.07. The molecule has 6 heteroatoms. The minimum atomic E-state index is -0.130. The molecule has 1 heterocycles. The number of aryl methyl sites for hydroxylation is 1. The zero-order valence-electron chi connectivity index (χ0n) is 14.8. The summed E-state index contributed by atoms with van der Waals surface area (Å²) in [6.07, 6.45) is 3.44. The van der Waals surface area contributed by atoms with Gasteiger partial charge in [0.2, 0.25) is 0 Å². The molecule has 3 nitrogen and oxygen atoms in total. The number of carbonyl (C=O) groups is 1. The lowest BCUT2D eigenvalue weighted by atomic mass is 10.1. The lowest BCUT2D eigenvalue weighted by Crippen LogP contribution is -2.27. The van der Waals surface area contributed by atoms with Gasteiger partial charge in [0, 0.05) is 17.1 Å². The molecule has 1 fully saturated rings. The molecule has 0 aromatic heterocycles. The average molecular weight is 416 g/mol. The van der Waals surface area contributed by atoms with Crippen molar-refractivity contribution in [2.24, 2.45) is 0 Å². The van der Waals surface area contributed by atoms with Crippen LogP contribution in [0, 0.1) is 6.92 Å². The smallest absolute Gasteiger partial charge is 0.266 e. The summed E-state index contributed by atoms with van der Waals surface area (Å²) in [6.45, 7) is 6.55. The highest BCUT2D eigenvalue weighted by Crippen LogP contribution is 2.35. The van der Waals surface area contributed by atoms with E-state index in [1.165, 1.54) is 22.2 Å². The van der Waals surface area contributed by atoms with Crippen LogP contribution in [-0.2, 0) is 11.4 Å². The third-order valence-electron chi connectivity index (χ3n) is 4.09. The summed E-state index contributed by atoms with van der Waals surface area (Å²) in [5.41, 5.74) is 3.02. The van der Waals surface area contributed by atoms with Crippen LogP contribution in [0.25, 0.3) is 6.08 Å². The number of nitrogens with zero attached hydrogens (tertiary/aromatic N) is 1. The van der Waals surface area contributed by atoms with Gasteiger partial charge in [-0.1, -0.05) is 65.9 Å². The van der Waals surface area contributed by atoms with E-state index in [0.29, 0.717) is 33.1 Å². The summed E-state index contributed by atoms with van der Waals surface area (Å²) in [4.78, 5) is 14.6. The van der Waals surface area contributed by atoms with Gasteiger partial charge in [-0.05, 0) is 42.3 Å². The first-order chi connectivity index (χ1) is 13.0. The van der Waals surface area contributed by atoms with E-state index < -0.39 is 0 Å². The summed E-state index contributed by atoms with van der Waals surface area (Å²) in [5.74, 6) is 0.534. The lowest BCUT2D eigenvalue weighted by molar-refractivity contribution is -0.121. The molecule has 0 saturated carbocycles. The third kappa shape index (κ3) is 4.61. The second-order valence-electron chi connectivity index (χ2n) is 5.98. The largest absolute Gasteiger partial charge is 0.488 e. The summed E-state index contributed by atoms with van der Waals surface area (Å²) in [6, 6.07) is 13.4. The fourth-order valence-electron chi connectivity index (χ4n) is 2.62. The van der Waals surface area contributed by atoms with Gasteiger partial charge in [0.25, 0.3) is 5.91 Å². The Balaban J connectivity index is 1.86. The first-order valence-corrected chi connectivity index (χ1v) is 9.93. The predicted octanol–water partition coefficient (Wildman–Crippen LogP) is 5.61. The molecule has 138 valence electrons. The number of ether oxygens (including phenoxy) is 1. The molecular weight excluding hydrogens is 398 g/mol. The fraction of sp³-hybridized carbons (Fsp3) is 0.143. The van der Waals surface area contributed by atoms with E-state index in [2.05, 4.69) is 6.58 Å². The van der Waals surface area contributed by atoms with Crippen LogP contribution >= 0.6 is 35.6 Å². The zero-order valence-corrected chi connectivity index (χ0v) is 17.2. The number of benzene rings is 2. The summed E-state index contributed by atoms with van der Waals surface area (Å²) < 4.78 is 6.54. The van der Waals surface area contributed by atoms with Crippen molar-refractivity contribution in [1.29, 1.82) is 0 Å². The molecule has 0 unspecified atom stereocenters. The highest BCUT2D eigenvalue weighted by Gasteiger charge is 2.31. The maximum Gasteiger partial charge on any atom is 0.266 e. The number of hydrogen-bond donors (Lipinski definition) is 0. The van der Waals surface area contributed by atoms with Gasteiger partial charge in [-0.15, -0.1) is 6.58 Å². The van der Waals surface area contributed by atoms with Gasteiger partial charge in [0.15, 0.2) is 0 Å². The Hall–Kier alpha value is -2.08. The van der Waals surface area contributed by atoms with Crippen molar-refractivity contribution < 1.29 is 9.53 Å². The van der Waals surface area contributed by atoms with Crippen molar-refractivity contribution in [2.45, 2.75) is 13.5 Å². The molecule has 1 amide bonds. The molecule has 1 aliphatic heterocycles. The number of thiocarbonyl (C=S) groups is 1. The van der Waals surface area contributed by atoms with Gasteiger partial charge in [-0.25, -0.2) is 0 Å². The van der Waals surface area contributed by atoms with E-state index in [-0.39, 0.29) is 5.91 Å². The van der Waals surface area contributed by atoms with Gasteiger partial charge >= 0.3 is 0 Å². The van der Waals surface area contributed by atoms with Gasteiger partial charge in [0.05, 0.1) is 4.91 Å². The van der Waals surface area contributed by atoms with E-state index in [4.69, 9.17) is 28.6 Å². The van der Waals surface area contributed by atoms with Gasteiger partial charge in [-0.2, -0.15) is 0 Å². The van der Waals surface area contributed by atoms with E-state index >= 15 is 0 Å². The highest BCUT2D eigenvalue weighted by atomic mass is 35.5. The third-order valence-corrected chi connectivity index (χ3v) is 5.70. The Labute approximate surface area is 173 Å². The monoisotopic (exact) mass is 415 g/mol. The summed E-state index contributed by atoms with van der Waals surface area (Å²) in [5, 5.41) is 0.575. The Morgan fingerprint density at radius 3 is 2.81 bits per heavy atom.